The molecule has 0 radical (unpaired) electrons. The second kappa shape index (κ2) is 14.8. The van der Waals surface area contributed by atoms with Crippen molar-refractivity contribution in [2.75, 3.05) is 4.90 Å². The Hall–Kier alpha value is -8.20. The van der Waals surface area contributed by atoms with Crippen molar-refractivity contribution in [3.63, 3.8) is 0 Å². The van der Waals surface area contributed by atoms with Gasteiger partial charge in [-0.3, -0.25) is 0 Å². The maximum atomic E-state index is 6.17. The van der Waals surface area contributed by atoms with Crippen LogP contribution in [0.15, 0.2) is 241 Å². The van der Waals surface area contributed by atoms with Crippen molar-refractivity contribution in [3.05, 3.63) is 237 Å². The fourth-order valence-electron chi connectivity index (χ4n) is 9.35. The van der Waals surface area contributed by atoms with E-state index in [1.54, 1.807) is 0 Å². The zero-order valence-electron chi connectivity index (χ0n) is 33.9. The van der Waals surface area contributed by atoms with Gasteiger partial charge in [-0.05, 0) is 132 Å². The first-order chi connectivity index (χ1) is 30.7. The smallest absolute Gasteiger partial charge is 0.135 e. The highest BCUT2D eigenvalue weighted by Crippen LogP contribution is 2.45. The zero-order valence-corrected chi connectivity index (χ0v) is 33.9. The first-order valence-corrected chi connectivity index (χ1v) is 21.2. The highest BCUT2D eigenvalue weighted by molar-refractivity contribution is 6.14. The summed E-state index contributed by atoms with van der Waals surface area (Å²) in [6.07, 6.45) is 0. The number of benzene rings is 11. The minimum Gasteiger partial charge on any atom is -0.456 e. The summed E-state index contributed by atoms with van der Waals surface area (Å²) >= 11 is 0. The Morgan fingerprint density at radius 2 is 0.790 bits per heavy atom. The number of furan rings is 1. The number of anilines is 3. The highest BCUT2D eigenvalue weighted by atomic mass is 16.3. The van der Waals surface area contributed by atoms with E-state index in [4.69, 9.17) is 4.42 Å². The van der Waals surface area contributed by atoms with Crippen molar-refractivity contribution in [1.82, 2.24) is 0 Å². The molecule has 290 valence electrons. The molecule has 2 nitrogen and oxygen atoms in total. The third-order valence-electron chi connectivity index (χ3n) is 12.4. The molecule has 1 heterocycles. The van der Waals surface area contributed by atoms with E-state index < -0.39 is 0 Å². The summed E-state index contributed by atoms with van der Waals surface area (Å²) in [7, 11) is 0. The van der Waals surface area contributed by atoms with Crippen LogP contribution in [0.3, 0.4) is 0 Å². The second-order valence-corrected chi connectivity index (χ2v) is 16.1. The summed E-state index contributed by atoms with van der Waals surface area (Å²) < 4.78 is 6.17. The van der Waals surface area contributed by atoms with Gasteiger partial charge in [-0.15, -0.1) is 0 Å². The summed E-state index contributed by atoms with van der Waals surface area (Å²) in [6.45, 7) is 0. The summed E-state index contributed by atoms with van der Waals surface area (Å²) in [4.78, 5) is 2.42. The van der Waals surface area contributed by atoms with Crippen LogP contribution in [-0.2, 0) is 0 Å². The van der Waals surface area contributed by atoms with Crippen LogP contribution in [0.5, 0.6) is 0 Å². The maximum Gasteiger partial charge on any atom is 0.135 e. The normalized spacial score (nSPS) is 11.5. The van der Waals surface area contributed by atoms with Gasteiger partial charge in [0.15, 0.2) is 0 Å². The van der Waals surface area contributed by atoms with Crippen molar-refractivity contribution in [1.29, 1.82) is 0 Å². The van der Waals surface area contributed by atoms with E-state index >= 15 is 0 Å². The standard InChI is InChI=1S/C60H39NO/c1-2-13-42(14-3-1)52-34-28-47(45-23-22-40-12-4-5-15-44(40)36-45)39-58(52)61(49-30-24-41(25-31-49)46-29-35-60-57(37-46)55-20-10-11-21-59(55)62-60)50-32-26-43(27-33-50)56-38-48-16-6-7-17-51(48)53-18-8-9-19-54(53)56/h1-39H. The fourth-order valence-corrected chi connectivity index (χ4v) is 9.35. The molecular weight excluding hydrogens is 751 g/mol. The Bertz CT molecular complexity index is 3620. The highest BCUT2D eigenvalue weighted by Gasteiger charge is 2.20. The molecule has 11 aromatic carbocycles. The lowest BCUT2D eigenvalue weighted by molar-refractivity contribution is 0.669. The average molecular weight is 790 g/mol. The molecule has 0 aliphatic carbocycles. The lowest BCUT2D eigenvalue weighted by atomic mass is 9.93. The van der Waals surface area contributed by atoms with Gasteiger partial charge in [0.25, 0.3) is 0 Å². The van der Waals surface area contributed by atoms with Crippen LogP contribution < -0.4 is 4.90 Å². The lowest BCUT2D eigenvalue weighted by Crippen LogP contribution is -2.11. The van der Waals surface area contributed by atoms with Gasteiger partial charge in [-0.1, -0.05) is 176 Å². The van der Waals surface area contributed by atoms with Crippen molar-refractivity contribution < 1.29 is 4.42 Å². The number of hydrogen-bond donors (Lipinski definition) is 0. The van der Waals surface area contributed by atoms with E-state index in [9.17, 15) is 0 Å². The van der Waals surface area contributed by atoms with Gasteiger partial charge in [-0.25, -0.2) is 0 Å². The van der Waals surface area contributed by atoms with E-state index in [1.165, 1.54) is 49.0 Å². The average Bonchev–Trinajstić information content (AvgIpc) is 3.72. The van der Waals surface area contributed by atoms with Gasteiger partial charge in [0.05, 0.1) is 5.69 Å². The van der Waals surface area contributed by atoms with E-state index in [-0.39, 0.29) is 0 Å². The molecule has 0 bridgehead atoms. The van der Waals surface area contributed by atoms with Gasteiger partial charge < -0.3 is 9.32 Å². The first kappa shape index (κ1) is 35.7. The molecule has 0 aliphatic heterocycles. The summed E-state index contributed by atoms with van der Waals surface area (Å²) in [5.41, 5.74) is 14.4. The second-order valence-electron chi connectivity index (χ2n) is 16.1. The Morgan fingerprint density at radius 3 is 1.58 bits per heavy atom. The molecule has 12 aromatic rings. The first-order valence-electron chi connectivity index (χ1n) is 21.2. The molecule has 12 rings (SSSR count). The lowest BCUT2D eigenvalue weighted by Gasteiger charge is -2.29. The van der Waals surface area contributed by atoms with Crippen LogP contribution in [0.1, 0.15) is 0 Å². The van der Waals surface area contributed by atoms with E-state index in [0.29, 0.717) is 0 Å². The zero-order chi connectivity index (χ0) is 41.0. The van der Waals surface area contributed by atoms with E-state index in [0.717, 1.165) is 66.8 Å². The van der Waals surface area contributed by atoms with Crippen molar-refractivity contribution in [2.24, 2.45) is 0 Å². The number of nitrogens with zero attached hydrogens (tertiary/aromatic N) is 1. The largest absolute Gasteiger partial charge is 0.456 e. The number of hydrogen-bond acceptors (Lipinski definition) is 2. The molecule has 1 aromatic heterocycles. The van der Waals surface area contributed by atoms with Gasteiger partial charge in [0.2, 0.25) is 0 Å². The van der Waals surface area contributed by atoms with Crippen LogP contribution in [0.4, 0.5) is 17.1 Å². The van der Waals surface area contributed by atoms with Crippen molar-refractivity contribution in [3.8, 4) is 44.5 Å². The Labute approximate surface area is 360 Å². The third-order valence-corrected chi connectivity index (χ3v) is 12.4. The molecule has 0 fully saturated rings. The monoisotopic (exact) mass is 789 g/mol. The Balaban J connectivity index is 1.03. The summed E-state index contributed by atoms with van der Waals surface area (Å²) in [5.74, 6) is 0. The predicted octanol–water partition coefficient (Wildman–Crippen LogP) is 17.2. The number of fused-ring (bicyclic) bond motifs is 7. The molecule has 0 N–H and O–H groups in total. The predicted molar refractivity (Wildman–Crippen MR) is 263 cm³/mol. The molecule has 0 saturated heterocycles. The molecular formula is C60H39NO. The van der Waals surface area contributed by atoms with Crippen LogP contribution >= 0.6 is 0 Å². The summed E-state index contributed by atoms with van der Waals surface area (Å²) in [6, 6.07) is 85.7. The van der Waals surface area contributed by atoms with Gasteiger partial charge in [0.1, 0.15) is 11.2 Å². The molecule has 0 amide bonds. The SMILES string of the molecule is c1ccc(-c2ccc(-c3ccc4ccccc4c3)cc2N(c2ccc(-c3ccc4oc5ccccc5c4c3)cc2)c2ccc(-c3cc4ccccc4c4ccccc34)cc2)cc1. The minimum atomic E-state index is 0.901. The Morgan fingerprint density at radius 1 is 0.258 bits per heavy atom. The minimum absolute atomic E-state index is 0.901. The maximum absolute atomic E-state index is 6.17. The van der Waals surface area contributed by atoms with E-state index in [2.05, 4.69) is 229 Å². The number of para-hydroxylation sites is 1. The van der Waals surface area contributed by atoms with Gasteiger partial charge in [-0.2, -0.15) is 0 Å². The molecule has 62 heavy (non-hydrogen) atoms. The van der Waals surface area contributed by atoms with Crippen molar-refractivity contribution >= 4 is 71.3 Å². The van der Waals surface area contributed by atoms with Crippen LogP contribution in [0.25, 0.3) is 98.8 Å². The molecule has 0 spiro atoms. The van der Waals surface area contributed by atoms with Crippen LogP contribution in [0, 0.1) is 0 Å². The van der Waals surface area contributed by atoms with Gasteiger partial charge in [0, 0.05) is 27.7 Å². The van der Waals surface area contributed by atoms with Crippen LogP contribution in [0.2, 0.25) is 0 Å². The topological polar surface area (TPSA) is 16.4 Å². The molecule has 0 aliphatic rings. The molecule has 2 heteroatoms. The van der Waals surface area contributed by atoms with Gasteiger partial charge >= 0.3 is 0 Å². The summed E-state index contributed by atoms with van der Waals surface area (Å²) in [5, 5.41) is 9.75. The Kier molecular flexibility index (Phi) is 8.53. The van der Waals surface area contributed by atoms with E-state index in [1.807, 2.05) is 12.1 Å². The quantitative estimate of drug-likeness (QED) is 0.150. The molecule has 0 atom stereocenters. The molecule has 0 saturated carbocycles. The third kappa shape index (κ3) is 6.20. The molecule has 0 unspecified atom stereocenters. The number of rotatable bonds is 7. The van der Waals surface area contributed by atoms with Crippen LogP contribution in [-0.4, -0.2) is 0 Å². The fraction of sp³-hybridized carbons (Fsp3) is 0. The van der Waals surface area contributed by atoms with Crippen molar-refractivity contribution in [2.45, 2.75) is 0 Å².